The molecule has 2 aromatic rings. The number of halogens is 1. The summed E-state index contributed by atoms with van der Waals surface area (Å²) in [5.41, 5.74) is 0. The van der Waals surface area contributed by atoms with Gasteiger partial charge in [-0.15, -0.1) is 22.7 Å². The summed E-state index contributed by atoms with van der Waals surface area (Å²) in [6.45, 7) is 0.844. The second-order valence-electron chi connectivity index (χ2n) is 4.28. The van der Waals surface area contributed by atoms with Gasteiger partial charge in [-0.25, -0.2) is 0 Å². The van der Waals surface area contributed by atoms with Crippen molar-refractivity contribution >= 4 is 40.2 Å². The van der Waals surface area contributed by atoms with Crippen LogP contribution >= 0.6 is 34.3 Å². The molecule has 1 fully saturated rings. The van der Waals surface area contributed by atoms with E-state index in [1.165, 1.54) is 16.2 Å². The molecule has 0 saturated carbocycles. The molecule has 2 nitrogen and oxygen atoms in total. The minimum Gasteiger partial charge on any atom is -0.330 e. The van der Waals surface area contributed by atoms with E-state index in [1.807, 2.05) is 17.0 Å². The number of thiophene rings is 2. The quantitative estimate of drug-likeness (QED) is 0.802. The van der Waals surface area contributed by atoms with Crippen LogP contribution in [0, 0.1) is 0 Å². The van der Waals surface area contributed by atoms with Crippen LogP contribution in [0.4, 0.5) is 0 Å². The Hall–Kier alpha value is -0.840. The molecule has 2 aromatic heterocycles. The zero-order valence-electron chi connectivity index (χ0n) is 9.64. The summed E-state index contributed by atoms with van der Waals surface area (Å²) in [7, 11) is 0. The lowest BCUT2D eigenvalue weighted by atomic mass is 10.2. The van der Waals surface area contributed by atoms with Crippen molar-refractivity contribution in [3.63, 3.8) is 0 Å². The SMILES string of the molecule is O=C(c1ccc(Cl)s1)N1CCC[C@@H]1c1cccs1. The summed E-state index contributed by atoms with van der Waals surface area (Å²) in [5, 5.41) is 2.07. The van der Waals surface area contributed by atoms with Crippen LogP contribution in [0.15, 0.2) is 29.6 Å². The van der Waals surface area contributed by atoms with Crippen molar-refractivity contribution in [1.29, 1.82) is 0 Å². The van der Waals surface area contributed by atoms with E-state index in [-0.39, 0.29) is 11.9 Å². The number of carbonyl (C=O) groups excluding carboxylic acids is 1. The Morgan fingerprint density at radius 3 is 2.94 bits per heavy atom. The molecular formula is C13H12ClNOS2. The molecular weight excluding hydrogens is 286 g/mol. The molecule has 1 aliphatic rings. The Kier molecular flexibility index (Phi) is 3.41. The van der Waals surface area contributed by atoms with Crippen LogP contribution in [0.2, 0.25) is 4.34 Å². The monoisotopic (exact) mass is 297 g/mol. The zero-order chi connectivity index (χ0) is 12.5. The van der Waals surface area contributed by atoms with Crippen molar-refractivity contribution in [3.8, 4) is 0 Å². The molecule has 0 bridgehead atoms. The Morgan fingerprint density at radius 1 is 1.39 bits per heavy atom. The van der Waals surface area contributed by atoms with Gasteiger partial charge in [0.1, 0.15) is 0 Å². The van der Waals surface area contributed by atoms with Gasteiger partial charge < -0.3 is 4.90 Å². The fraction of sp³-hybridized carbons (Fsp3) is 0.308. The molecule has 5 heteroatoms. The average Bonchev–Trinajstić information content (AvgIpc) is 3.08. The smallest absolute Gasteiger partial charge is 0.264 e. The van der Waals surface area contributed by atoms with Gasteiger partial charge in [-0.2, -0.15) is 0 Å². The van der Waals surface area contributed by atoms with Gasteiger partial charge >= 0.3 is 0 Å². The molecule has 0 spiro atoms. The molecule has 3 rings (SSSR count). The van der Waals surface area contributed by atoms with Crippen LogP contribution in [-0.4, -0.2) is 17.4 Å². The van der Waals surface area contributed by atoms with Crippen LogP contribution in [0.1, 0.15) is 33.4 Å². The first-order valence-electron chi connectivity index (χ1n) is 5.85. The van der Waals surface area contributed by atoms with E-state index in [4.69, 9.17) is 11.6 Å². The summed E-state index contributed by atoms with van der Waals surface area (Å²) < 4.78 is 0.672. The minimum atomic E-state index is 0.114. The predicted molar refractivity (Wildman–Crippen MR) is 76.7 cm³/mol. The number of amides is 1. The highest BCUT2D eigenvalue weighted by atomic mass is 35.5. The molecule has 1 aliphatic heterocycles. The van der Waals surface area contributed by atoms with Crippen molar-refractivity contribution in [1.82, 2.24) is 4.90 Å². The van der Waals surface area contributed by atoms with E-state index < -0.39 is 0 Å². The molecule has 1 saturated heterocycles. The Labute approximate surface area is 119 Å². The first-order valence-corrected chi connectivity index (χ1v) is 7.93. The third-order valence-corrected chi connectivity index (χ3v) is 5.36. The topological polar surface area (TPSA) is 20.3 Å². The maximum atomic E-state index is 12.4. The van der Waals surface area contributed by atoms with Crippen molar-refractivity contribution in [3.05, 3.63) is 43.7 Å². The molecule has 1 amide bonds. The van der Waals surface area contributed by atoms with Crippen LogP contribution < -0.4 is 0 Å². The number of hydrogen-bond acceptors (Lipinski definition) is 3. The summed E-state index contributed by atoms with van der Waals surface area (Å²) in [5.74, 6) is 0.114. The van der Waals surface area contributed by atoms with E-state index in [1.54, 1.807) is 17.4 Å². The van der Waals surface area contributed by atoms with E-state index in [0.717, 1.165) is 24.3 Å². The summed E-state index contributed by atoms with van der Waals surface area (Å²) in [4.78, 5) is 16.4. The van der Waals surface area contributed by atoms with E-state index >= 15 is 0 Å². The van der Waals surface area contributed by atoms with Gasteiger partial charge in [0.2, 0.25) is 0 Å². The number of rotatable bonds is 2. The van der Waals surface area contributed by atoms with Crippen LogP contribution in [-0.2, 0) is 0 Å². The first-order chi connectivity index (χ1) is 8.75. The highest BCUT2D eigenvalue weighted by molar-refractivity contribution is 7.18. The lowest BCUT2D eigenvalue weighted by Crippen LogP contribution is -2.29. The molecule has 1 atom stereocenters. The van der Waals surface area contributed by atoms with Crippen LogP contribution in [0.25, 0.3) is 0 Å². The van der Waals surface area contributed by atoms with Gasteiger partial charge in [0.05, 0.1) is 15.3 Å². The molecule has 0 N–H and O–H groups in total. The second kappa shape index (κ2) is 5.03. The molecule has 0 aliphatic carbocycles. The third kappa shape index (κ3) is 2.20. The van der Waals surface area contributed by atoms with Crippen molar-refractivity contribution < 1.29 is 4.79 Å². The van der Waals surface area contributed by atoms with E-state index in [9.17, 15) is 4.79 Å². The van der Waals surface area contributed by atoms with Crippen molar-refractivity contribution in [2.75, 3.05) is 6.54 Å². The predicted octanol–water partition coefficient (Wildman–Crippen LogP) is 4.44. The summed E-state index contributed by atoms with van der Waals surface area (Å²) >= 11 is 8.98. The van der Waals surface area contributed by atoms with Gasteiger partial charge in [-0.3, -0.25) is 4.79 Å². The Bertz CT molecular complexity index is 549. The molecule has 0 unspecified atom stereocenters. The van der Waals surface area contributed by atoms with Crippen LogP contribution in [0.5, 0.6) is 0 Å². The zero-order valence-corrected chi connectivity index (χ0v) is 12.0. The minimum absolute atomic E-state index is 0.114. The van der Waals surface area contributed by atoms with Gasteiger partial charge in [-0.1, -0.05) is 17.7 Å². The summed E-state index contributed by atoms with van der Waals surface area (Å²) in [6, 6.07) is 8.01. The van der Waals surface area contributed by atoms with Crippen molar-refractivity contribution in [2.45, 2.75) is 18.9 Å². The molecule has 0 radical (unpaired) electrons. The largest absolute Gasteiger partial charge is 0.330 e. The van der Waals surface area contributed by atoms with Gasteiger partial charge in [-0.05, 0) is 36.4 Å². The highest BCUT2D eigenvalue weighted by Gasteiger charge is 2.31. The molecule has 94 valence electrons. The Morgan fingerprint density at radius 2 is 2.28 bits per heavy atom. The van der Waals surface area contributed by atoms with E-state index in [2.05, 4.69) is 11.4 Å². The second-order valence-corrected chi connectivity index (χ2v) is 6.97. The maximum absolute atomic E-state index is 12.4. The van der Waals surface area contributed by atoms with Crippen molar-refractivity contribution in [2.24, 2.45) is 0 Å². The van der Waals surface area contributed by atoms with Crippen LogP contribution in [0.3, 0.4) is 0 Å². The number of hydrogen-bond donors (Lipinski definition) is 0. The highest BCUT2D eigenvalue weighted by Crippen LogP contribution is 2.36. The number of likely N-dealkylation sites (tertiary alicyclic amines) is 1. The molecule has 3 heterocycles. The number of nitrogens with zero attached hydrogens (tertiary/aromatic N) is 1. The average molecular weight is 298 g/mol. The summed E-state index contributed by atoms with van der Waals surface area (Å²) in [6.07, 6.45) is 2.14. The third-order valence-electron chi connectivity index (χ3n) is 3.17. The van der Waals surface area contributed by atoms with Gasteiger partial charge in [0.25, 0.3) is 5.91 Å². The Balaban J connectivity index is 1.85. The first kappa shape index (κ1) is 12.2. The normalized spacial score (nSPS) is 19.4. The van der Waals surface area contributed by atoms with E-state index in [0.29, 0.717) is 4.34 Å². The molecule has 0 aromatic carbocycles. The maximum Gasteiger partial charge on any atom is 0.264 e. The van der Waals surface area contributed by atoms with Gasteiger partial charge in [0, 0.05) is 11.4 Å². The lowest BCUT2D eigenvalue weighted by Gasteiger charge is -2.23. The lowest BCUT2D eigenvalue weighted by molar-refractivity contribution is 0.0743. The fourth-order valence-corrected chi connectivity index (χ4v) is 4.23. The fourth-order valence-electron chi connectivity index (χ4n) is 2.36. The van der Waals surface area contributed by atoms with Gasteiger partial charge in [0.15, 0.2) is 0 Å². The standard InChI is InChI=1S/C13H12ClNOS2/c14-12-6-5-11(18-12)13(16)15-7-1-3-9(15)10-4-2-8-17-10/h2,4-6,8-9H,1,3,7H2/t9-/m1/s1. The molecule has 18 heavy (non-hydrogen) atoms. The number of carbonyl (C=O) groups is 1.